The van der Waals surface area contributed by atoms with Crippen molar-refractivity contribution in [2.75, 3.05) is 0 Å². The van der Waals surface area contributed by atoms with Gasteiger partial charge in [-0.15, -0.1) is 12.0 Å². The van der Waals surface area contributed by atoms with Crippen LogP contribution in [0.2, 0.25) is 36.3 Å². The van der Waals surface area contributed by atoms with Gasteiger partial charge in [0.05, 0.1) is 0 Å². The summed E-state index contributed by atoms with van der Waals surface area (Å²) in [5.41, 5.74) is 8.37. The molecule has 0 saturated heterocycles. The molecule has 4 aromatic carbocycles. The Labute approximate surface area is 321 Å². The second-order valence-corrected chi connectivity index (χ2v) is 24.9. The maximum absolute atomic E-state index is 3.30. The molecule has 2 aliphatic carbocycles. The quantitative estimate of drug-likeness (QED) is 0.142. The molecule has 0 aromatic heterocycles. The first-order chi connectivity index (χ1) is 22.4. The third-order valence-electron chi connectivity index (χ3n) is 10.8. The third-order valence-corrected chi connectivity index (χ3v) is 24.1. The maximum atomic E-state index is 3.30. The minimum absolute atomic E-state index is 0. The SMILES string of the molecule is CC[Si](CC)(CC)c1ccc([C](=[Hf+2])c2ccc([Si](CC)(CC)CC)cc2)cc1.[C-]1=CC=CC1.[Cl-].[Cl-].[c-]1cccc2c1Cc1ccccc1-2. The van der Waals surface area contributed by atoms with E-state index in [-0.39, 0.29) is 24.8 Å². The van der Waals surface area contributed by atoms with E-state index in [0.717, 1.165) is 36.7 Å². The van der Waals surface area contributed by atoms with E-state index in [2.05, 4.69) is 145 Å². The van der Waals surface area contributed by atoms with Gasteiger partial charge in [0.25, 0.3) is 0 Å². The average molecular weight is 874 g/mol. The number of fused-ring (bicyclic) bond motifs is 3. The van der Waals surface area contributed by atoms with Crippen LogP contribution in [0.3, 0.4) is 0 Å². The molecule has 0 atom stereocenters. The van der Waals surface area contributed by atoms with Gasteiger partial charge in [-0.3, -0.25) is 6.08 Å². The molecule has 6 rings (SSSR count). The molecule has 0 amide bonds. The predicted octanol–water partition coefficient (Wildman–Crippen LogP) is 4.60. The zero-order valence-corrected chi connectivity index (χ0v) is 36.9. The van der Waals surface area contributed by atoms with Gasteiger partial charge < -0.3 is 24.8 Å². The Morgan fingerprint density at radius 1 is 0.625 bits per heavy atom. The molecule has 0 fully saturated rings. The minimum atomic E-state index is -1.27. The van der Waals surface area contributed by atoms with E-state index in [0.29, 0.717) is 0 Å². The fourth-order valence-corrected chi connectivity index (χ4v) is 15.6. The van der Waals surface area contributed by atoms with Gasteiger partial charge >= 0.3 is 191 Å². The summed E-state index contributed by atoms with van der Waals surface area (Å²) in [4.78, 5) is 0. The summed E-state index contributed by atoms with van der Waals surface area (Å²) in [6, 6.07) is 45.7. The molecule has 5 heteroatoms. The first-order valence-corrected chi connectivity index (χ1v) is 24.5. The topological polar surface area (TPSA) is 0 Å². The van der Waals surface area contributed by atoms with E-state index >= 15 is 0 Å². The standard InChI is InChI=1S/C25H38Si2.C13H9.C5H5.2ClH.Hf/c1-7-26(8-2,9-3)24-17-13-22(14-18-24)21-23-15-19-25(20-16-23)27(10-4,11-5)12-6;1-3-7-12-10(5-1)9-11-6-2-4-8-13(11)12;1-2-4-5-3-1;;;/h13-20H,7-12H2,1-6H3;1-5,7-8H,9H2;1-3H,4H2;2*1H;/q;2*-1;;;+2/p-2. The number of benzene rings is 4. The second kappa shape index (κ2) is 20.7. The van der Waals surface area contributed by atoms with Crippen LogP contribution in [0.4, 0.5) is 0 Å². The number of allylic oxidation sites excluding steroid dienone is 4. The Bertz CT molecular complexity index is 1480. The third kappa shape index (κ3) is 9.88. The van der Waals surface area contributed by atoms with Crippen LogP contribution < -0.4 is 35.2 Å². The van der Waals surface area contributed by atoms with Crippen LogP contribution in [-0.2, 0) is 30.3 Å². The molecule has 48 heavy (non-hydrogen) atoms. The number of hydrogen-bond donors (Lipinski definition) is 0. The van der Waals surface area contributed by atoms with E-state index in [1.165, 1.54) is 72.9 Å². The average Bonchev–Trinajstić information content (AvgIpc) is 3.84. The van der Waals surface area contributed by atoms with Crippen molar-refractivity contribution >= 4 is 29.8 Å². The molecule has 4 aromatic rings. The van der Waals surface area contributed by atoms with E-state index in [1.54, 1.807) is 10.4 Å². The molecule has 0 N–H and O–H groups in total. The Kier molecular flexibility index (Phi) is 18.2. The van der Waals surface area contributed by atoms with Crippen molar-refractivity contribution in [3.8, 4) is 11.1 Å². The summed E-state index contributed by atoms with van der Waals surface area (Å²) < 4.78 is 1.53. The minimum Gasteiger partial charge on any atom is -1.00 e. The number of halogens is 2. The van der Waals surface area contributed by atoms with Crippen LogP contribution in [0.5, 0.6) is 0 Å². The molecule has 0 aliphatic heterocycles. The van der Waals surface area contributed by atoms with Crippen molar-refractivity contribution in [2.45, 2.75) is 90.6 Å². The fourth-order valence-electron chi connectivity index (χ4n) is 7.21. The van der Waals surface area contributed by atoms with Crippen molar-refractivity contribution in [1.82, 2.24) is 0 Å². The van der Waals surface area contributed by atoms with Crippen molar-refractivity contribution in [1.29, 1.82) is 0 Å². The molecule has 0 radical (unpaired) electrons. The van der Waals surface area contributed by atoms with Gasteiger partial charge in [0.15, 0.2) is 0 Å². The van der Waals surface area contributed by atoms with E-state index in [9.17, 15) is 0 Å². The van der Waals surface area contributed by atoms with Crippen LogP contribution in [0.1, 0.15) is 70.2 Å². The van der Waals surface area contributed by atoms with Crippen LogP contribution in [0.25, 0.3) is 11.1 Å². The summed E-state index contributed by atoms with van der Waals surface area (Å²) in [7, 11) is -2.53. The smallest absolute Gasteiger partial charge is 0.0253 e. The predicted molar refractivity (Wildman–Crippen MR) is 205 cm³/mol. The molecule has 0 saturated carbocycles. The van der Waals surface area contributed by atoms with Crippen LogP contribution >= 0.6 is 0 Å². The Hall–Kier alpha value is -1.89. The monoisotopic (exact) mass is 874 g/mol. The van der Waals surface area contributed by atoms with Crippen LogP contribution in [0, 0.1) is 12.1 Å². The number of hydrogen-bond acceptors (Lipinski definition) is 0. The summed E-state index contributed by atoms with van der Waals surface area (Å²) in [5, 5.41) is 3.30. The summed E-state index contributed by atoms with van der Waals surface area (Å²) >= 11 is 1.08. The van der Waals surface area contributed by atoms with Crippen molar-refractivity contribution in [3.05, 3.63) is 144 Å². The van der Waals surface area contributed by atoms with E-state index in [1.807, 2.05) is 18.2 Å². The maximum Gasteiger partial charge on any atom is -0.0253 e. The molecular formula is C43H52Cl2HfSi2-2. The zero-order valence-electron chi connectivity index (χ0n) is 29.8. The fraction of sp³-hybridized carbons (Fsp3) is 0.326. The second-order valence-electron chi connectivity index (χ2n) is 12.6. The van der Waals surface area contributed by atoms with Gasteiger partial charge in [-0.05, 0) is 6.42 Å². The molecular weight excluding hydrogens is 822 g/mol. The Morgan fingerprint density at radius 2 is 1.10 bits per heavy atom. The van der Waals surface area contributed by atoms with Gasteiger partial charge in [-0.1, -0.05) is 35.4 Å². The number of rotatable bonds is 10. The van der Waals surface area contributed by atoms with Gasteiger partial charge in [-0.2, -0.15) is 35.9 Å². The van der Waals surface area contributed by atoms with Gasteiger partial charge in [0, 0.05) is 0 Å². The van der Waals surface area contributed by atoms with Crippen LogP contribution in [0.15, 0.2) is 109 Å². The Balaban J connectivity index is 0.000000326. The van der Waals surface area contributed by atoms with Crippen molar-refractivity contribution in [3.63, 3.8) is 0 Å². The first-order valence-electron chi connectivity index (χ1n) is 17.5. The molecule has 2 aliphatic rings. The summed E-state index contributed by atoms with van der Waals surface area (Å²) in [5.74, 6) is 0. The molecule has 252 valence electrons. The Morgan fingerprint density at radius 3 is 1.52 bits per heavy atom. The van der Waals surface area contributed by atoms with E-state index in [4.69, 9.17) is 0 Å². The van der Waals surface area contributed by atoms with Crippen molar-refractivity contribution < 1.29 is 48.7 Å². The first kappa shape index (κ1) is 42.3. The van der Waals surface area contributed by atoms with Gasteiger partial charge in [0.1, 0.15) is 0 Å². The normalized spacial score (nSPS) is 12.3. The van der Waals surface area contributed by atoms with Crippen molar-refractivity contribution in [2.24, 2.45) is 0 Å². The molecule has 0 heterocycles. The largest absolute Gasteiger partial charge is 1.00 e. The molecule has 0 bridgehead atoms. The summed E-state index contributed by atoms with van der Waals surface area (Å²) in [6.07, 6.45) is 11.0. The molecule has 0 spiro atoms. The van der Waals surface area contributed by atoms with E-state index < -0.39 is 16.1 Å². The summed E-state index contributed by atoms with van der Waals surface area (Å²) in [6.45, 7) is 14.4. The molecule has 0 unspecified atom stereocenters. The van der Waals surface area contributed by atoms with Crippen LogP contribution in [-0.4, -0.2) is 19.4 Å². The zero-order chi connectivity index (χ0) is 33.0. The molecule has 0 nitrogen and oxygen atoms in total. The van der Waals surface area contributed by atoms with Gasteiger partial charge in [-0.25, -0.2) is 12.2 Å². The van der Waals surface area contributed by atoms with Gasteiger partial charge in [0.2, 0.25) is 0 Å².